The molecule has 8 heteroatoms. The third-order valence-electron chi connectivity index (χ3n) is 4.73. The molecule has 3 rings (SSSR count). The van der Waals surface area contributed by atoms with Crippen molar-refractivity contribution in [1.29, 1.82) is 0 Å². The number of carbonyl (C=O) groups is 3. The summed E-state index contributed by atoms with van der Waals surface area (Å²) >= 11 is -0.503. The van der Waals surface area contributed by atoms with Crippen molar-refractivity contribution in [3.63, 3.8) is 0 Å². The molecule has 2 aromatic rings. The van der Waals surface area contributed by atoms with Gasteiger partial charge in [-0.3, -0.25) is 0 Å². The molecular weight excluding hydrogens is 463 g/mol. The Morgan fingerprint density at radius 1 is 1.06 bits per heavy atom. The Morgan fingerprint density at radius 3 is 2.35 bits per heavy atom. The van der Waals surface area contributed by atoms with Crippen LogP contribution < -0.4 is 15.4 Å². The van der Waals surface area contributed by atoms with E-state index in [0.717, 1.165) is 5.56 Å². The van der Waals surface area contributed by atoms with Crippen LogP contribution in [0.2, 0.25) is 5.32 Å². The summed E-state index contributed by atoms with van der Waals surface area (Å²) in [6, 6.07) is 13.3. The van der Waals surface area contributed by atoms with Crippen molar-refractivity contribution >= 4 is 31.6 Å². The number of ether oxygens (including phenoxy) is 2. The summed E-state index contributed by atoms with van der Waals surface area (Å²) < 4.78 is 10.4. The van der Waals surface area contributed by atoms with Gasteiger partial charge in [0.15, 0.2) is 0 Å². The van der Waals surface area contributed by atoms with Gasteiger partial charge in [0, 0.05) is 0 Å². The van der Waals surface area contributed by atoms with Crippen LogP contribution >= 0.6 is 0 Å². The van der Waals surface area contributed by atoms with E-state index in [1.165, 1.54) is 0 Å². The van der Waals surface area contributed by atoms with Crippen LogP contribution in [0.4, 0.5) is 4.79 Å². The molecule has 1 unspecified atom stereocenters. The van der Waals surface area contributed by atoms with Crippen LogP contribution in [-0.4, -0.2) is 45.4 Å². The summed E-state index contributed by atoms with van der Waals surface area (Å²) in [5.41, 5.74) is 3.14. The normalized spacial score (nSPS) is 15.7. The van der Waals surface area contributed by atoms with E-state index in [0.29, 0.717) is 28.1 Å². The number of hydrogen-bond donors (Lipinski definition) is 2. The molecule has 0 aromatic heterocycles. The van der Waals surface area contributed by atoms with Crippen LogP contribution in [0.3, 0.4) is 0 Å². The molecule has 0 spiro atoms. The molecule has 7 nitrogen and oxygen atoms in total. The minimum absolute atomic E-state index is 0.00279. The van der Waals surface area contributed by atoms with Gasteiger partial charge in [0.2, 0.25) is 0 Å². The predicted molar refractivity (Wildman–Crippen MR) is 117 cm³/mol. The zero-order valence-corrected chi connectivity index (χ0v) is 19.3. The van der Waals surface area contributed by atoms with E-state index >= 15 is 0 Å². The molecule has 1 aliphatic rings. The van der Waals surface area contributed by atoms with E-state index in [-0.39, 0.29) is 16.6 Å². The van der Waals surface area contributed by atoms with Gasteiger partial charge in [0.25, 0.3) is 0 Å². The zero-order valence-electron chi connectivity index (χ0n) is 17.6. The fourth-order valence-corrected chi connectivity index (χ4v) is 4.83. The van der Waals surface area contributed by atoms with Gasteiger partial charge in [-0.2, -0.15) is 0 Å². The molecule has 2 N–H and O–H groups in total. The van der Waals surface area contributed by atoms with Crippen molar-refractivity contribution in [2.45, 2.75) is 25.2 Å². The third-order valence-corrected chi connectivity index (χ3v) is 6.69. The van der Waals surface area contributed by atoms with Gasteiger partial charge in [0.05, 0.1) is 0 Å². The van der Waals surface area contributed by atoms with Gasteiger partial charge < -0.3 is 0 Å². The van der Waals surface area contributed by atoms with Crippen LogP contribution in [0.1, 0.15) is 34.5 Å². The first-order chi connectivity index (χ1) is 14.9. The molecule has 0 bridgehead atoms. The summed E-state index contributed by atoms with van der Waals surface area (Å²) in [6.45, 7) is 3.88. The second-order valence-electron chi connectivity index (χ2n) is 6.86. The summed E-state index contributed by atoms with van der Waals surface area (Å²) in [6.07, 6.45) is 0. The van der Waals surface area contributed by atoms with E-state index < -0.39 is 33.0 Å². The Balaban J connectivity index is 1.91. The van der Waals surface area contributed by atoms with E-state index in [1.807, 2.05) is 19.1 Å². The average molecular weight is 487 g/mol. The second-order valence-corrected chi connectivity index (χ2v) is 8.85. The number of allylic oxidation sites excluding steroid dienone is 1. The number of esters is 1. The van der Waals surface area contributed by atoms with Crippen molar-refractivity contribution in [2.75, 3.05) is 13.7 Å². The van der Waals surface area contributed by atoms with E-state index in [2.05, 4.69) is 10.6 Å². The Morgan fingerprint density at radius 2 is 1.74 bits per heavy atom. The number of urea groups is 1. The zero-order chi connectivity index (χ0) is 22.4. The molecule has 0 radical (unpaired) electrons. The van der Waals surface area contributed by atoms with E-state index in [1.54, 1.807) is 50.4 Å². The first-order valence-corrected chi connectivity index (χ1v) is 11.8. The van der Waals surface area contributed by atoms with Crippen molar-refractivity contribution in [3.8, 4) is 5.75 Å². The number of nitrogens with one attached hydrogen (secondary N) is 2. The van der Waals surface area contributed by atoms with Gasteiger partial charge in [-0.1, -0.05) is 0 Å². The van der Waals surface area contributed by atoms with Crippen molar-refractivity contribution in [2.24, 2.45) is 0 Å². The molecule has 1 heterocycles. The summed E-state index contributed by atoms with van der Waals surface area (Å²) in [7, 11) is 1.57. The maximum atomic E-state index is 12.8. The summed E-state index contributed by atoms with van der Waals surface area (Å²) in [5, 5.41) is 5.77. The molecule has 31 heavy (non-hydrogen) atoms. The standard InChI is InChI=1S/C23H24N2O5Se/c1-4-30-21(26)19-18(13-31-22(27)16-7-5-14(2)6-8-16)24-23(28)25-20(19)15-9-11-17(29-3)12-10-15/h5-12,20H,4,13H2,1-3H3,(H2,24,25,28). The van der Waals surface area contributed by atoms with Crippen LogP contribution in [0, 0.1) is 6.92 Å². The first kappa shape index (κ1) is 22.6. The molecule has 0 fully saturated rings. The summed E-state index contributed by atoms with van der Waals surface area (Å²) in [4.78, 5) is 37.8. The molecule has 0 saturated carbocycles. The van der Waals surface area contributed by atoms with Crippen LogP contribution in [0.5, 0.6) is 5.75 Å². The quantitative estimate of drug-likeness (QED) is 0.441. The topological polar surface area (TPSA) is 93.7 Å². The number of hydrogen-bond acceptors (Lipinski definition) is 5. The van der Waals surface area contributed by atoms with E-state index in [4.69, 9.17) is 9.47 Å². The Hall–Kier alpha value is -3.09. The molecule has 1 aliphatic heterocycles. The van der Waals surface area contributed by atoms with Crippen molar-refractivity contribution in [3.05, 3.63) is 76.5 Å². The van der Waals surface area contributed by atoms with Gasteiger partial charge in [-0.05, 0) is 0 Å². The molecule has 0 aliphatic carbocycles. The number of carbonyl (C=O) groups excluding carboxylic acids is 3. The van der Waals surface area contributed by atoms with Crippen molar-refractivity contribution < 1.29 is 23.9 Å². The summed E-state index contributed by atoms with van der Waals surface area (Å²) in [5.74, 6) is 0.141. The fraction of sp³-hybridized carbons (Fsp3) is 0.261. The number of methoxy groups -OCH3 is 1. The van der Waals surface area contributed by atoms with Crippen LogP contribution in [0.15, 0.2) is 59.8 Å². The fourth-order valence-electron chi connectivity index (χ4n) is 3.14. The molecule has 2 aromatic carbocycles. The molecule has 1 atom stereocenters. The minimum atomic E-state index is -0.681. The maximum absolute atomic E-state index is 12.8. The number of benzene rings is 2. The molecule has 0 saturated heterocycles. The Labute approximate surface area is 187 Å². The van der Waals surface area contributed by atoms with E-state index in [9.17, 15) is 14.4 Å². The predicted octanol–water partition coefficient (Wildman–Crippen LogP) is 3.14. The number of rotatable bonds is 8. The Kier molecular flexibility index (Phi) is 7.50. The van der Waals surface area contributed by atoms with Crippen molar-refractivity contribution in [1.82, 2.24) is 10.6 Å². The van der Waals surface area contributed by atoms with Crippen LogP contribution in [0.25, 0.3) is 0 Å². The monoisotopic (exact) mass is 488 g/mol. The molecule has 162 valence electrons. The van der Waals surface area contributed by atoms with Crippen LogP contribution in [-0.2, 0) is 9.53 Å². The molecule has 2 amide bonds. The average Bonchev–Trinajstić information content (AvgIpc) is 2.77. The van der Waals surface area contributed by atoms with Gasteiger partial charge in [0.1, 0.15) is 0 Å². The SMILES string of the molecule is CCOC(=O)C1=C(C[Se]C(=O)c2ccc(C)cc2)NC(=O)NC1c1ccc(OC)cc1. The third kappa shape index (κ3) is 5.54. The van der Waals surface area contributed by atoms with Gasteiger partial charge >= 0.3 is 187 Å². The second kappa shape index (κ2) is 10.3. The Bertz CT molecular complexity index is 1000. The first-order valence-electron chi connectivity index (χ1n) is 9.78. The number of aryl methyl sites for hydroxylation is 1. The number of amides is 2. The molecular formula is C23H24N2O5Se. The van der Waals surface area contributed by atoms with Gasteiger partial charge in [-0.15, -0.1) is 0 Å². The van der Waals surface area contributed by atoms with Gasteiger partial charge in [-0.25, -0.2) is 0 Å².